The fraction of sp³-hybridized carbons (Fsp3) is 0.385. The van der Waals surface area contributed by atoms with E-state index in [-0.39, 0.29) is 0 Å². The molecule has 1 aromatic carbocycles. The van der Waals surface area contributed by atoms with E-state index in [0.717, 1.165) is 43.0 Å². The molecule has 0 bridgehead atoms. The maximum atomic E-state index is 5.73. The number of hydrogen-bond acceptors (Lipinski definition) is 3. The Labute approximate surface area is 101 Å². The summed E-state index contributed by atoms with van der Waals surface area (Å²) in [7, 11) is 0. The highest BCUT2D eigenvalue weighted by Gasteiger charge is 2.03. The van der Waals surface area contributed by atoms with Crippen molar-refractivity contribution in [3.8, 4) is 0 Å². The molecule has 1 aromatic heterocycles. The predicted molar refractivity (Wildman–Crippen MR) is 68.6 cm³/mol. The van der Waals surface area contributed by atoms with Gasteiger partial charge in [-0.15, -0.1) is 0 Å². The number of rotatable bonds is 5. The van der Waals surface area contributed by atoms with E-state index in [1.54, 1.807) is 0 Å². The molecule has 1 heterocycles. The molecule has 4 heteroatoms. The van der Waals surface area contributed by atoms with Crippen LogP contribution < -0.4 is 5.73 Å². The summed E-state index contributed by atoms with van der Waals surface area (Å²) in [6, 6.07) is 7.95. The lowest BCUT2D eigenvalue weighted by Crippen LogP contribution is -1.95. The van der Waals surface area contributed by atoms with Gasteiger partial charge in [0, 0.05) is 18.5 Å². The van der Waals surface area contributed by atoms with E-state index in [2.05, 4.69) is 28.2 Å². The molecule has 2 rings (SSSR count). The second-order valence-electron chi connectivity index (χ2n) is 4.19. The molecule has 0 aliphatic heterocycles. The van der Waals surface area contributed by atoms with E-state index in [0.29, 0.717) is 0 Å². The first-order valence-electron chi connectivity index (χ1n) is 6.02. The maximum absolute atomic E-state index is 5.73. The molecule has 2 aromatic rings. The molecule has 0 saturated heterocycles. The lowest BCUT2D eigenvalue weighted by Gasteiger charge is -1.99. The van der Waals surface area contributed by atoms with Gasteiger partial charge in [0.05, 0.1) is 0 Å². The number of aryl methyl sites for hydroxylation is 3. The summed E-state index contributed by atoms with van der Waals surface area (Å²) in [6.45, 7) is 2.13. The van der Waals surface area contributed by atoms with Crippen molar-refractivity contribution in [2.45, 2.75) is 32.6 Å². The highest BCUT2D eigenvalue weighted by Crippen LogP contribution is 2.09. The van der Waals surface area contributed by atoms with E-state index in [9.17, 15) is 0 Å². The summed E-state index contributed by atoms with van der Waals surface area (Å²) in [5.41, 5.74) is 7.77. The molecular weight excluding hydrogens is 212 g/mol. The standard InChI is InChI=1S/C13H18N4/c1-2-4-12-15-13(17-16-12)8-7-10-5-3-6-11(14)9-10/h3,5-6,9H,2,4,7-8,14H2,1H3,(H,15,16,17). The third-order valence-corrected chi connectivity index (χ3v) is 2.65. The SMILES string of the molecule is CCCc1nc(CCc2cccc(N)c2)n[nH]1. The van der Waals surface area contributed by atoms with E-state index < -0.39 is 0 Å². The summed E-state index contributed by atoms with van der Waals surface area (Å²) in [4.78, 5) is 4.44. The van der Waals surface area contributed by atoms with Crippen LogP contribution in [-0.2, 0) is 19.3 Å². The van der Waals surface area contributed by atoms with Gasteiger partial charge in [-0.25, -0.2) is 4.98 Å². The molecule has 4 nitrogen and oxygen atoms in total. The number of aromatic amines is 1. The maximum Gasteiger partial charge on any atom is 0.151 e. The van der Waals surface area contributed by atoms with Crippen LogP contribution in [0.25, 0.3) is 0 Å². The molecule has 90 valence electrons. The normalized spacial score (nSPS) is 10.6. The number of nitrogens with two attached hydrogens (primary N) is 1. The van der Waals surface area contributed by atoms with Gasteiger partial charge in [-0.1, -0.05) is 19.1 Å². The Bertz CT molecular complexity index is 476. The van der Waals surface area contributed by atoms with Crippen molar-refractivity contribution in [3.05, 3.63) is 41.5 Å². The molecule has 3 N–H and O–H groups in total. The van der Waals surface area contributed by atoms with Crippen LogP contribution in [0.5, 0.6) is 0 Å². The number of benzene rings is 1. The number of nitrogen functional groups attached to an aromatic ring is 1. The number of nitrogens with zero attached hydrogens (tertiary/aromatic N) is 2. The average Bonchev–Trinajstić information content (AvgIpc) is 2.75. The third kappa shape index (κ3) is 3.31. The monoisotopic (exact) mass is 230 g/mol. The highest BCUT2D eigenvalue weighted by atomic mass is 15.2. The first kappa shape index (κ1) is 11.6. The minimum atomic E-state index is 0.809. The fourth-order valence-electron chi connectivity index (χ4n) is 1.80. The Kier molecular flexibility index (Phi) is 3.75. The Morgan fingerprint density at radius 1 is 1.24 bits per heavy atom. The third-order valence-electron chi connectivity index (χ3n) is 2.65. The van der Waals surface area contributed by atoms with Gasteiger partial charge < -0.3 is 5.73 Å². The van der Waals surface area contributed by atoms with Gasteiger partial charge in [-0.2, -0.15) is 5.10 Å². The van der Waals surface area contributed by atoms with Crippen molar-refractivity contribution in [2.75, 3.05) is 5.73 Å². The first-order chi connectivity index (χ1) is 8.28. The molecule has 0 aliphatic rings. The number of anilines is 1. The zero-order valence-electron chi connectivity index (χ0n) is 10.1. The zero-order chi connectivity index (χ0) is 12.1. The minimum absolute atomic E-state index is 0.809. The van der Waals surface area contributed by atoms with Gasteiger partial charge in [-0.3, -0.25) is 5.10 Å². The minimum Gasteiger partial charge on any atom is -0.399 e. The van der Waals surface area contributed by atoms with Gasteiger partial charge >= 0.3 is 0 Å². The number of aromatic nitrogens is 3. The van der Waals surface area contributed by atoms with Gasteiger partial charge in [0.25, 0.3) is 0 Å². The lowest BCUT2D eigenvalue weighted by molar-refractivity contribution is 0.840. The van der Waals surface area contributed by atoms with Crippen LogP contribution in [-0.4, -0.2) is 15.2 Å². The molecule has 0 saturated carbocycles. The second-order valence-corrected chi connectivity index (χ2v) is 4.19. The Morgan fingerprint density at radius 3 is 2.88 bits per heavy atom. The molecule has 0 spiro atoms. The fourth-order valence-corrected chi connectivity index (χ4v) is 1.80. The van der Waals surface area contributed by atoms with Crippen LogP contribution in [0.3, 0.4) is 0 Å². The largest absolute Gasteiger partial charge is 0.399 e. The number of H-pyrrole nitrogens is 1. The molecule has 0 fully saturated rings. The molecular formula is C13H18N4. The molecule has 0 atom stereocenters. The molecule has 0 aliphatic carbocycles. The van der Waals surface area contributed by atoms with E-state index in [4.69, 9.17) is 5.73 Å². The van der Waals surface area contributed by atoms with Crippen LogP contribution in [0.1, 0.15) is 30.6 Å². The van der Waals surface area contributed by atoms with Crippen molar-refractivity contribution in [3.63, 3.8) is 0 Å². The Balaban J connectivity index is 1.93. The van der Waals surface area contributed by atoms with Crippen LogP contribution in [0.2, 0.25) is 0 Å². The van der Waals surface area contributed by atoms with Crippen LogP contribution in [0.4, 0.5) is 5.69 Å². The predicted octanol–water partition coefficient (Wildman–Crippen LogP) is 2.12. The second kappa shape index (κ2) is 5.48. The Morgan fingerprint density at radius 2 is 2.12 bits per heavy atom. The Hall–Kier alpha value is -1.84. The topological polar surface area (TPSA) is 67.6 Å². The average molecular weight is 230 g/mol. The van der Waals surface area contributed by atoms with Gasteiger partial charge in [-0.05, 0) is 30.5 Å². The van der Waals surface area contributed by atoms with Crippen LogP contribution >= 0.6 is 0 Å². The van der Waals surface area contributed by atoms with E-state index >= 15 is 0 Å². The van der Waals surface area contributed by atoms with Crippen molar-refractivity contribution in [1.29, 1.82) is 0 Å². The van der Waals surface area contributed by atoms with Crippen molar-refractivity contribution in [2.24, 2.45) is 0 Å². The quantitative estimate of drug-likeness (QED) is 0.773. The summed E-state index contributed by atoms with van der Waals surface area (Å²) >= 11 is 0. The van der Waals surface area contributed by atoms with Crippen molar-refractivity contribution < 1.29 is 0 Å². The van der Waals surface area contributed by atoms with Crippen molar-refractivity contribution in [1.82, 2.24) is 15.2 Å². The first-order valence-corrected chi connectivity index (χ1v) is 6.02. The molecule has 17 heavy (non-hydrogen) atoms. The number of nitrogens with one attached hydrogen (secondary N) is 1. The molecule has 0 radical (unpaired) electrons. The summed E-state index contributed by atoms with van der Waals surface area (Å²) < 4.78 is 0. The van der Waals surface area contributed by atoms with Gasteiger partial charge in [0.15, 0.2) is 5.82 Å². The molecule has 0 amide bonds. The van der Waals surface area contributed by atoms with Gasteiger partial charge in [0.2, 0.25) is 0 Å². The van der Waals surface area contributed by atoms with E-state index in [1.165, 1.54) is 5.56 Å². The smallest absolute Gasteiger partial charge is 0.151 e. The van der Waals surface area contributed by atoms with E-state index in [1.807, 2.05) is 18.2 Å². The van der Waals surface area contributed by atoms with Crippen molar-refractivity contribution >= 4 is 5.69 Å². The number of hydrogen-bond donors (Lipinski definition) is 2. The van der Waals surface area contributed by atoms with Crippen LogP contribution in [0.15, 0.2) is 24.3 Å². The molecule has 0 unspecified atom stereocenters. The van der Waals surface area contributed by atoms with Gasteiger partial charge in [0.1, 0.15) is 5.82 Å². The summed E-state index contributed by atoms with van der Waals surface area (Å²) in [5.74, 6) is 1.87. The van der Waals surface area contributed by atoms with Crippen LogP contribution in [0, 0.1) is 0 Å². The zero-order valence-corrected chi connectivity index (χ0v) is 10.1. The lowest BCUT2D eigenvalue weighted by atomic mass is 10.1. The highest BCUT2D eigenvalue weighted by molar-refractivity contribution is 5.40. The summed E-state index contributed by atoms with van der Waals surface area (Å²) in [5, 5.41) is 7.17. The summed E-state index contributed by atoms with van der Waals surface area (Å²) in [6.07, 6.45) is 3.83.